The molecule has 0 radical (unpaired) electrons. The SMILES string of the molecule is CC(C)C(C)C(=O)N1C2CCNCC1CC2. The van der Waals surface area contributed by atoms with E-state index in [1.807, 2.05) is 0 Å². The number of hydrogen-bond acceptors (Lipinski definition) is 2. The predicted octanol–water partition coefficient (Wildman–Crippen LogP) is 1.63. The summed E-state index contributed by atoms with van der Waals surface area (Å²) in [4.78, 5) is 14.7. The molecule has 2 saturated heterocycles. The van der Waals surface area contributed by atoms with E-state index in [4.69, 9.17) is 0 Å². The molecule has 2 heterocycles. The van der Waals surface area contributed by atoms with Crippen LogP contribution in [0.25, 0.3) is 0 Å². The molecule has 3 heteroatoms. The number of carbonyl (C=O) groups is 1. The van der Waals surface area contributed by atoms with Crippen LogP contribution < -0.4 is 5.32 Å². The van der Waals surface area contributed by atoms with Gasteiger partial charge in [-0.15, -0.1) is 0 Å². The average molecular weight is 224 g/mol. The van der Waals surface area contributed by atoms with Crippen LogP contribution in [0, 0.1) is 11.8 Å². The largest absolute Gasteiger partial charge is 0.335 e. The van der Waals surface area contributed by atoms with E-state index in [1.54, 1.807) is 0 Å². The Morgan fingerprint density at radius 1 is 1.19 bits per heavy atom. The third kappa shape index (κ3) is 2.10. The summed E-state index contributed by atoms with van der Waals surface area (Å²) in [6.45, 7) is 8.42. The van der Waals surface area contributed by atoms with Crippen molar-refractivity contribution in [3.63, 3.8) is 0 Å². The lowest BCUT2D eigenvalue weighted by Crippen LogP contribution is -2.45. The molecule has 2 aliphatic rings. The van der Waals surface area contributed by atoms with E-state index in [0.717, 1.165) is 19.5 Å². The first-order chi connectivity index (χ1) is 7.61. The van der Waals surface area contributed by atoms with Crippen molar-refractivity contribution in [2.24, 2.45) is 11.8 Å². The summed E-state index contributed by atoms with van der Waals surface area (Å²) in [5.41, 5.74) is 0. The fourth-order valence-corrected chi connectivity index (χ4v) is 2.86. The van der Waals surface area contributed by atoms with Crippen LogP contribution >= 0.6 is 0 Å². The highest BCUT2D eigenvalue weighted by molar-refractivity contribution is 5.79. The Hall–Kier alpha value is -0.570. The van der Waals surface area contributed by atoms with Gasteiger partial charge in [-0.25, -0.2) is 0 Å². The van der Waals surface area contributed by atoms with Crippen molar-refractivity contribution in [1.29, 1.82) is 0 Å². The normalized spacial score (nSPS) is 31.6. The van der Waals surface area contributed by atoms with Crippen LogP contribution in [0.5, 0.6) is 0 Å². The second kappa shape index (κ2) is 4.74. The van der Waals surface area contributed by atoms with Crippen LogP contribution in [0.15, 0.2) is 0 Å². The summed E-state index contributed by atoms with van der Waals surface area (Å²) >= 11 is 0. The molecule has 1 amide bonds. The third-order valence-electron chi connectivity index (χ3n) is 4.30. The molecule has 2 fully saturated rings. The standard InChI is InChI=1S/C13H24N2O/c1-9(2)10(3)13(16)15-11-4-5-12(15)8-14-7-6-11/h9-12,14H,4-8H2,1-3H3. The molecular weight excluding hydrogens is 200 g/mol. The minimum atomic E-state index is 0.168. The van der Waals surface area contributed by atoms with Gasteiger partial charge in [-0.3, -0.25) is 4.79 Å². The summed E-state index contributed by atoms with van der Waals surface area (Å²) in [6.07, 6.45) is 3.53. The maximum atomic E-state index is 12.5. The lowest BCUT2D eigenvalue weighted by Gasteiger charge is -2.31. The van der Waals surface area contributed by atoms with E-state index < -0.39 is 0 Å². The van der Waals surface area contributed by atoms with Crippen LogP contribution in [-0.2, 0) is 4.79 Å². The van der Waals surface area contributed by atoms with Crippen molar-refractivity contribution in [3.05, 3.63) is 0 Å². The Balaban J connectivity index is 2.10. The van der Waals surface area contributed by atoms with Crippen LogP contribution in [-0.4, -0.2) is 36.0 Å². The first-order valence-electron chi connectivity index (χ1n) is 6.64. The molecule has 3 nitrogen and oxygen atoms in total. The van der Waals surface area contributed by atoms with Gasteiger partial charge in [-0.05, 0) is 31.7 Å². The van der Waals surface area contributed by atoms with Crippen molar-refractivity contribution in [1.82, 2.24) is 10.2 Å². The molecule has 0 saturated carbocycles. The fraction of sp³-hybridized carbons (Fsp3) is 0.923. The van der Waals surface area contributed by atoms with Gasteiger partial charge in [0.15, 0.2) is 0 Å². The zero-order chi connectivity index (χ0) is 11.7. The maximum Gasteiger partial charge on any atom is 0.226 e. The van der Waals surface area contributed by atoms with E-state index in [0.29, 0.717) is 23.9 Å². The van der Waals surface area contributed by atoms with Crippen molar-refractivity contribution in [2.45, 2.75) is 52.1 Å². The van der Waals surface area contributed by atoms with Gasteiger partial charge in [-0.2, -0.15) is 0 Å². The van der Waals surface area contributed by atoms with E-state index in [-0.39, 0.29) is 5.92 Å². The second-order valence-corrected chi connectivity index (χ2v) is 5.66. The summed E-state index contributed by atoms with van der Waals surface area (Å²) < 4.78 is 0. The molecule has 0 aromatic heterocycles. The molecule has 2 bridgehead atoms. The Labute approximate surface area is 98.6 Å². The first kappa shape index (κ1) is 11.9. The Bertz CT molecular complexity index is 251. The third-order valence-corrected chi connectivity index (χ3v) is 4.30. The van der Waals surface area contributed by atoms with Crippen molar-refractivity contribution in [2.75, 3.05) is 13.1 Å². The van der Waals surface area contributed by atoms with Crippen LogP contribution in [0.3, 0.4) is 0 Å². The molecule has 92 valence electrons. The van der Waals surface area contributed by atoms with Crippen LogP contribution in [0.2, 0.25) is 0 Å². The number of nitrogens with one attached hydrogen (secondary N) is 1. The predicted molar refractivity (Wildman–Crippen MR) is 65.1 cm³/mol. The van der Waals surface area contributed by atoms with Gasteiger partial charge >= 0.3 is 0 Å². The minimum Gasteiger partial charge on any atom is -0.335 e. The van der Waals surface area contributed by atoms with Gasteiger partial charge in [0.05, 0.1) is 0 Å². The lowest BCUT2D eigenvalue weighted by atomic mass is 9.96. The summed E-state index contributed by atoms with van der Waals surface area (Å²) in [7, 11) is 0. The van der Waals surface area contributed by atoms with E-state index >= 15 is 0 Å². The van der Waals surface area contributed by atoms with Gasteiger partial charge < -0.3 is 10.2 Å². The Morgan fingerprint density at radius 2 is 1.88 bits per heavy atom. The minimum absolute atomic E-state index is 0.168. The van der Waals surface area contributed by atoms with E-state index in [9.17, 15) is 4.79 Å². The molecule has 2 aliphatic heterocycles. The van der Waals surface area contributed by atoms with Gasteiger partial charge in [0, 0.05) is 24.5 Å². The number of hydrogen-bond donors (Lipinski definition) is 1. The number of fused-ring (bicyclic) bond motifs is 2. The molecular formula is C13H24N2O. The molecule has 1 N–H and O–H groups in total. The highest BCUT2D eigenvalue weighted by Crippen LogP contribution is 2.30. The van der Waals surface area contributed by atoms with Gasteiger partial charge in [0.1, 0.15) is 0 Å². The van der Waals surface area contributed by atoms with E-state index in [2.05, 4.69) is 31.0 Å². The fourth-order valence-electron chi connectivity index (χ4n) is 2.86. The molecule has 3 atom stereocenters. The summed E-state index contributed by atoms with van der Waals surface area (Å²) in [5, 5.41) is 3.44. The zero-order valence-corrected chi connectivity index (χ0v) is 10.7. The highest BCUT2D eigenvalue weighted by atomic mass is 16.2. The van der Waals surface area contributed by atoms with Gasteiger partial charge in [-0.1, -0.05) is 20.8 Å². The second-order valence-electron chi connectivity index (χ2n) is 5.66. The topological polar surface area (TPSA) is 32.3 Å². The van der Waals surface area contributed by atoms with Gasteiger partial charge in [0.25, 0.3) is 0 Å². The van der Waals surface area contributed by atoms with E-state index in [1.165, 1.54) is 12.8 Å². The molecule has 0 spiro atoms. The smallest absolute Gasteiger partial charge is 0.226 e. The Morgan fingerprint density at radius 3 is 2.56 bits per heavy atom. The number of rotatable bonds is 2. The first-order valence-corrected chi connectivity index (χ1v) is 6.64. The highest BCUT2D eigenvalue weighted by Gasteiger charge is 2.39. The summed E-state index contributed by atoms with van der Waals surface area (Å²) in [6, 6.07) is 0.967. The molecule has 3 unspecified atom stereocenters. The lowest BCUT2D eigenvalue weighted by molar-refractivity contribution is -0.139. The molecule has 0 aromatic carbocycles. The van der Waals surface area contributed by atoms with Crippen molar-refractivity contribution in [3.8, 4) is 0 Å². The number of amides is 1. The van der Waals surface area contributed by atoms with Crippen molar-refractivity contribution >= 4 is 5.91 Å². The quantitative estimate of drug-likeness (QED) is 0.773. The van der Waals surface area contributed by atoms with Crippen LogP contribution in [0.4, 0.5) is 0 Å². The molecule has 0 aromatic rings. The monoisotopic (exact) mass is 224 g/mol. The Kier molecular flexibility index (Phi) is 3.53. The van der Waals surface area contributed by atoms with Crippen LogP contribution in [0.1, 0.15) is 40.0 Å². The maximum absolute atomic E-state index is 12.5. The van der Waals surface area contributed by atoms with Crippen molar-refractivity contribution < 1.29 is 4.79 Å². The molecule has 0 aliphatic carbocycles. The average Bonchev–Trinajstić information content (AvgIpc) is 2.50. The van der Waals surface area contributed by atoms with Gasteiger partial charge in [0.2, 0.25) is 5.91 Å². The number of nitrogens with zero attached hydrogens (tertiary/aromatic N) is 1. The summed E-state index contributed by atoms with van der Waals surface area (Å²) in [5.74, 6) is 0.996. The zero-order valence-electron chi connectivity index (χ0n) is 10.7. The molecule has 2 rings (SSSR count). The molecule has 16 heavy (non-hydrogen) atoms. The number of carbonyl (C=O) groups excluding carboxylic acids is 1.